The van der Waals surface area contributed by atoms with Crippen molar-refractivity contribution in [3.05, 3.63) is 12.2 Å². The van der Waals surface area contributed by atoms with Crippen LogP contribution < -0.4 is 0 Å². The molecule has 0 aromatic carbocycles. The van der Waals surface area contributed by atoms with Crippen molar-refractivity contribution in [1.82, 2.24) is 0 Å². The smallest absolute Gasteiger partial charge is 0.309 e. The van der Waals surface area contributed by atoms with Gasteiger partial charge in [0.15, 0.2) is 0 Å². The van der Waals surface area contributed by atoms with E-state index in [1.54, 1.807) is 0 Å². The number of hydrogen-bond acceptors (Lipinski definition) is 2. The molecular formula is C21H42FO2P. The number of unbranched alkanes of at least 4 members (excludes halogenated alkanes) is 14. The van der Waals surface area contributed by atoms with E-state index in [1.807, 2.05) is 0 Å². The molecule has 0 saturated carbocycles. The van der Waals surface area contributed by atoms with E-state index in [0.717, 1.165) is 12.8 Å². The van der Waals surface area contributed by atoms with Crippen LogP contribution in [0.1, 0.15) is 110 Å². The van der Waals surface area contributed by atoms with E-state index in [9.17, 15) is 8.76 Å². The molecule has 4 heteroatoms. The average Bonchev–Trinajstić information content (AvgIpc) is 2.60. The first-order valence-electron chi connectivity index (χ1n) is 10.6. The maximum atomic E-state index is 13.1. The largest absolute Gasteiger partial charge is 0.367 e. The summed E-state index contributed by atoms with van der Waals surface area (Å²) < 4.78 is 28.5. The van der Waals surface area contributed by atoms with Gasteiger partial charge in [-0.1, -0.05) is 89.7 Å². The lowest BCUT2D eigenvalue weighted by Crippen LogP contribution is -1.88. The first-order chi connectivity index (χ1) is 12.1. The highest BCUT2D eigenvalue weighted by atomic mass is 31.2. The highest BCUT2D eigenvalue weighted by Gasteiger charge is 2.18. The van der Waals surface area contributed by atoms with Crippen LogP contribution in [0.2, 0.25) is 0 Å². The van der Waals surface area contributed by atoms with Gasteiger partial charge in [0.25, 0.3) is 0 Å². The van der Waals surface area contributed by atoms with Gasteiger partial charge in [0.2, 0.25) is 0 Å². The van der Waals surface area contributed by atoms with E-state index in [2.05, 4.69) is 23.6 Å². The van der Waals surface area contributed by atoms with Gasteiger partial charge in [0, 0.05) is 7.11 Å². The summed E-state index contributed by atoms with van der Waals surface area (Å²) in [6.45, 7) is 2.26. The van der Waals surface area contributed by atoms with Gasteiger partial charge in [0.1, 0.15) is 0 Å². The van der Waals surface area contributed by atoms with E-state index in [4.69, 9.17) is 0 Å². The topological polar surface area (TPSA) is 26.3 Å². The molecule has 0 heterocycles. The molecule has 2 nitrogen and oxygen atoms in total. The minimum atomic E-state index is -3.77. The molecule has 150 valence electrons. The van der Waals surface area contributed by atoms with Crippen molar-refractivity contribution in [3.8, 4) is 0 Å². The Hall–Kier alpha value is -0.140. The lowest BCUT2D eigenvalue weighted by molar-refractivity contribution is 0.354. The third kappa shape index (κ3) is 20.0. The Kier molecular flexibility index (Phi) is 18.5. The lowest BCUT2D eigenvalue weighted by atomic mass is 10.1. The van der Waals surface area contributed by atoms with Crippen molar-refractivity contribution >= 4 is 7.68 Å². The van der Waals surface area contributed by atoms with Gasteiger partial charge < -0.3 is 4.52 Å². The van der Waals surface area contributed by atoms with Crippen molar-refractivity contribution in [3.63, 3.8) is 0 Å². The second-order valence-corrected chi connectivity index (χ2v) is 9.13. The summed E-state index contributed by atoms with van der Waals surface area (Å²) in [6.07, 6.45) is 24.7. The van der Waals surface area contributed by atoms with E-state index < -0.39 is 7.68 Å². The summed E-state index contributed by atoms with van der Waals surface area (Å²) in [4.78, 5) is 0. The molecule has 1 unspecified atom stereocenters. The van der Waals surface area contributed by atoms with E-state index >= 15 is 0 Å². The van der Waals surface area contributed by atoms with Crippen molar-refractivity contribution in [2.24, 2.45) is 0 Å². The Labute approximate surface area is 156 Å². The van der Waals surface area contributed by atoms with Gasteiger partial charge in [-0.3, -0.25) is 4.57 Å². The minimum Gasteiger partial charge on any atom is -0.309 e. The third-order valence-electron chi connectivity index (χ3n) is 4.71. The van der Waals surface area contributed by atoms with E-state index in [0.29, 0.717) is 6.42 Å². The first kappa shape index (κ1) is 24.9. The molecule has 0 aliphatic heterocycles. The molecule has 0 rings (SSSR count). The van der Waals surface area contributed by atoms with Crippen LogP contribution in [-0.2, 0) is 9.09 Å². The van der Waals surface area contributed by atoms with Gasteiger partial charge in [-0.05, 0) is 32.1 Å². The summed E-state index contributed by atoms with van der Waals surface area (Å²) in [7, 11) is -2.59. The van der Waals surface area contributed by atoms with Crippen LogP contribution in [0.25, 0.3) is 0 Å². The fraction of sp³-hybridized carbons (Fsp3) is 0.905. The standard InChI is InChI=1S/C21H42FO2P/c1-3-4-5-6-7-8-9-10-11-12-13-14-15-16-17-18-19-20-21-25(22,23)24-2/h10-11H,3-9,12-21H2,1-2H3/b11-10-. The van der Waals surface area contributed by atoms with Gasteiger partial charge in [0.05, 0.1) is 6.16 Å². The second kappa shape index (κ2) is 18.6. The van der Waals surface area contributed by atoms with Crippen LogP contribution in [0.3, 0.4) is 0 Å². The molecule has 0 bridgehead atoms. The molecule has 0 N–H and O–H groups in total. The zero-order valence-corrected chi connectivity index (χ0v) is 17.7. The van der Waals surface area contributed by atoms with E-state index in [1.165, 1.54) is 90.6 Å². The first-order valence-corrected chi connectivity index (χ1v) is 12.3. The van der Waals surface area contributed by atoms with Gasteiger partial charge in [-0.15, -0.1) is 0 Å². The van der Waals surface area contributed by atoms with Gasteiger partial charge >= 0.3 is 7.68 Å². The monoisotopic (exact) mass is 376 g/mol. The van der Waals surface area contributed by atoms with E-state index in [-0.39, 0.29) is 6.16 Å². The fourth-order valence-corrected chi connectivity index (χ4v) is 3.78. The van der Waals surface area contributed by atoms with Crippen LogP contribution >= 0.6 is 7.68 Å². The van der Waals surface area contributed by atoms with Crippen LogP contribution in [-0.4, -0.2) is 13.3 Å². The SMILES string of the molecule is CCCCCCCC/C=C\CCCCCCCCCCP(=O)(F)OC. The van der Waals surface area contributed by atoms with Gasteiger partial charge in [-0.2, -0.15) is 4.20 Å². The molecule has 0 radical (unpaired) electrons. The number of halogens is 1. The highest BCUT2D eigenvalue weighted by molar-refractivity contribution is 7.53. The molecule has 0 aromatic heterocycles. The van der Waals surface area contributed by atoms with Crippen LogP contribution in [0.5, 0.6) is 0 Å². The maximum absolute atomic E-state index is 13.1. The molecule has 1 atom stereocenters. The summed E-state index contributed by atoms with van der Waals surface area (Å²) in [6, 6.07) is 0. The van der Waals surface area contributed by atoms with Crippen molar-refractivity contribution in [2.75, 3.05) is 13.3 Å². The average molecular weight is 377 g/mol. The normalized spacial score (nSPS) is 14.2. The molecular weight excluding hydrogens is 334 g/mol. The predicted octanol–water partition coefficient (Wildman–Crippen LogP) is 8.61. The van der Waals surface area contributed by atoms with Crippen LogP contribution in [0, 0.1) is 0 Å². The van der Waals surface area contributed by atoms with Gasteiger partial charge in [-0.25, -0.2) is 0 Å². The number of allylic oxidation sites excluding steroid dienone is 2. The Bertz CT molecular complexity index is 345. The molecule has 0 aromatic rings. The van der Waals surface area contributed by atoms with Crippen LogP contribution in [0.15, 0.2) is 12.2 Å². The molecule has 0 aliphatic carbocycles. The fourth-order valence-electron chi connectivity index (χ4n) is 2.99. The Morgan fingerprint density at radius 1 is 0.720 bits per heavy atom. The summed E-state index contributed by atoms with van der Waals surface area (Å²) in [5, 5.41) is 0. The number of rotatable bonds is 19. The van der Waals surface area contributed by atoms with Crippen LogP contribution in [0.4, 0.5) is 4.20 Å². The summed E-state index contributed by atoms with van der Waals surface area (Å²) >= 11 is 0. The Morgan fingerprint density at radius 3 is 1.56 bits per heavy atom. The Morgan fingerprint density at radius 2 is 1.12 bits per heavy atom. The molecule has 25 heavy (non-hydrogen) atoms. The Balaban J connectivity index is 3.16. The summed E-state index contributed by atoms with van der Waals surface area (Å²) in [5.41, 5.74) is 0. The highest BCUT2D eigenvalue weighted by Crippen LogP contribution is 2.48. The minimum absolute atomic E-state index is 0.0780. The van der Waals surface area contributed by atoms with Crippen molar-refractivity contribution < 1.29 is 13.3 Å². The molecule has 0 spiro atoms. The van der Waals surface area contributed by atoms with Crippen molar-refractivity contribution in [1.29, 1.82) is 0 Å². The predicted molar refractivity (Wildman–Crippen MR) is 109 cm³/mol. The third-order valence-corrected chi connectivity index (χ3v) is 6.11. The second-order valence-electron chi connectivity index (χ2n) is 7.14. The summed E-state index contributed by atoms with van der Waals surface area (Å²) in [5.74, 6) is 0. The molecule has 0 fully saturated rings. The molecule has 0 amide bonds. The zero-order valence-electron chi connectivity index (χ0n) is 16.8. The molecule has 0 aliphatic rings. The quantitative estimate of drug-likeness (QED) is 0.128. The number of hydrogen-bond donors (Lipinski definition) is 0. The molecule has 0 saturated heterocycles. The maximum Gasteiger partial charge on any atom is 0.367 e. The zero-order chi connectivity index (χ0) is 18.6. The van der Waals surface area contributed by atoms with Crippen molar-refractivity contribution in [2.45, 2.75) is 110 Å². The lowest BCUT2D eigenvalue weighted by Gasteiger charge is -2.05.